The lowest BCUT2D eigenvalue weighted by molar-refractivity contribution is 0.699. The zero-order valence-electron chi connectivity index (χ0n) is 11.3. The molecule has 3 aromatic heterocycles. The molecular formula is C15H13N3OS2. The molecular weight excluding hydrogens is 302 g/mol. The van der Waals surface area contributed by atoms with Crippen molar-refractivity contribution >= 4 is 39.1 Å². The van der Waals surface area contributed by atoms with E-state index in [0.29, 0.717) is 0 Å². The molecule has 1 aliphatic rings. The summed E-state index contributed by atoms with van der Waals surface area (Å²) >= 11 is 3.27. The average molecular weight is 315 g/mol. The molecule has 3 heterocycles. The maximum Gasteiger partial charge on any atom is 0.282 e. The van der Waals surface area contributed by atoms with E-state index in [1.807, 2.05) is 16.8 Å². The van der Waals surface area contributed by atoms with Crippen LogP contribution in [0.2, 0.25) is 0 Å². The Morgan fingerprint density at radius 3 is 3.10 bits per heavy atom. The monoisotopic (exact) mass is 315 g/mol. The van der Waals surface area contributed by atoms with Crippen LogP contribution in [0.1, 0.15) is 28.8 Å². The van der Waals surface area contributed by atoms with Crippen molar-refractivity contribution < 1.29 is 0 Å². The number of aromatic nitrogens is 2. The number of fused-ring (bicyclic) bond motifs is 3. The minimum atomic E-state index is -0.0501. The van der Waals surface area contributed by atoms with Crippen LogP contribution < -0.4 is 5.56 Å². The minimum absolute atomic E-state index is 0.0501. The second-order valence-electron chi connectivity index (χ2n) is 5.09. The van der Waals surface area contributed by atoms with Gasteiger partial charge in [-0.1, -0.05) is 0 Å². The zero-order chi connectivity index (χ0) is 14.2. The van der Waals surface area contributed by atoms with E-state index in [1.54, 1.807) is 28.9 Å². The molecule has 4 rings (SSSR count). The van der Waals surface area contributed by atoms with Gasteiger partial charge < -0.3 is 0 Å². The van der Waals surface area contributed by atoms with E-state index >= 15 is 0 Å². The molecule has 0 radical (unpaired) electrons. The molecule has 0 spiro atoms. The molecule has 0 aliphatic heterocycles. The van der Waals surface area contributed by atoms with Crippen molar-refractivity contribution in [3.63, 3.8) is 0 Å². The average Bonchev–Trinajstić information content (AvgIpc) is 3.13. The van der Waals surface area contributed by atoms with Crippen molar-refractivity contribution in [3.05, 3.63) is 49.5 Å². The second-order valence-corrected chi connectivity index (χ2v) is 6.95. The topological polar surface area (TPSA) is 47.2 Å². The first-order valence-corrected chi connectivity index (χ1v) is 8.67. The van der Waals surface area contributed by atoms with Crippen LogP contribution >= 0.6 is 22.7 Å². The lowest BCUT2D eigenvalue weighted by Crippen LogP contribution is -2.17. The molecule has 1 aliphatic carbocycles. The van der Waals surface area contributed by atoms with Gasteiger partial charge in [0, 0.05) is 10.4 Å². The molecule has 0 N–H and O–H groups in total. The highest BCUT2D eigenvalue weighted by molar-refractivity contribution is 7.18. The number of thiophene rings is 2. The van der Waals surface area contributed by atoms with Gasteiger partial charge in [0.15, 0.2) is 0 Å². The Hall–Kier alpha value is -1.79. The largest absolute Gasteiger partial charge is 0.282 e. The lowest BCUT2D eigenvalue weighted by Gasteiger charge is -2.09. The van der Waals surface area contributed by atoms with Gasteiger partial charge in [0.25, 0.3) is 5.56 Å². The summed E-state index contributed by atoms with van der Waals surface area (Å²) in [6.07, 6.45) is 7.66. The number of rotatable bonds is 2. The van der Waals surface area contributed by atoms with E-state index in [1.165, 1.54) is 27.9 Å². The molecule has 106 valence electrons. The molecule has 21 heavy (non-hydrogen) atoms. The summed E-state index contributed by atoms with van der Waals surface area (Å²) in [4.78, 5) is 19.2. The van der Waals surface area contributed by atoms with Gasteiger partial charge in [0.1, 0.15) is 11.2 Å². The third-order valence-electron chi connectivity index (χ3n) is 3.73. The summed E-state index contributed by atoms with van der Waals surface area (Å²) in [5, 5.41) is 9.01. The Bertz CT molecular complexity index is 874. The number of nitrogens with zero attached hydrogens (tertiary/aromatic N) is 3. The molecule has 0 bridgehead atoms. The van der Waals surface area contributed by atoms with E-state index < -0.39 is 0 Å². The second kappa shape index (κ2) is 5.20. The summed E-state index contributed by atoms with van der Waals surface area (Å²) in [5.41, 5.74) is 2.16. The van der Waals surface area contributed by atoms with Crippen LogP contribution in [-0.2, 0) is 12.8 Å². The van der Waals surface area contributed by atoms with Crippen LogP contribution in [0.5, 0.6) is 0 Å². The van der Waals surface area contributed by atoms with Gasteiger partial charge in [0.2, 0.25) is 0 Å². The Morgan fingerprint density at radius 1 is 1.33 bits per heavy atom. The predicted molar refractivity (Wildman–Crippen MR) is 87.8 cm³/mol. The van der Waals surface area contributed by atoms with Gasteiger partial charge in [-0.05, 0) is 48.1 Å². The summed E-state index contributed by atoms with van der Waals surface area (Å²) in [7, 11) is 0. The molecule has 3 aromatic rings. The smallest absolute Gasteiger partial charge is 0.267 e. The SMILES string of the molecule is O=c1c2c3c(sc2ncn1N=Cc1ccsc1)CCCC3. The molecule has 6 heteroatoms. The van der Waals surface area contributed by atoms with Crippen molar-refractivity contribution in [2.45, 2.75) is 25.7 Å². The van der Waals surface area contributed by atoms with Gasteiger partial charge in [-0.25, -0.2) is 4.98 Å². The molecule has 0 atom stereocenters. The first-order chi connectivity index (χ1) is 10.3. The number of hydrogen-bond donors (Lipinski definition) is 0. The lowest BCUT2D eigenvalue weighted by atomic mass is 9.97. The fraction of sp³-hybridized carbons (Fsp3) is 0.267. The van der Waals surface area contributed by atoms with Gasteiger partial charge in [0.05, 0.1) is 11.6 Å². The van der Waals surface area contributed by atoms with E-state index in [0.717, 1.165) is 35.0 Å². The maximum absolute atomic E-state index is 12.6. The van der Waals surface area contributed by atoms with Gasteiger partial charge in [-0.15, -0.1) is 11.3 Å². The molecule has 0 saturated heterocycles. The van der Waals surface area contributed by atoms with E-state index in [9.17, 15) is 4.79 Å². The molecule has 0 saturated carbocycles. The van der Waals surface area contributed by atoms with Crippen molar-refractivity contribution in [1.82, 2.24) is 9.66 Å². The fourth-order valence-corrected chi connectivity index (χ4v) is 4.53. The minimum Gasteiger partial charge on any atom is -0.267 e. The Morgan fingerprint density at radius 2 is 2.24 bits per heavy atom. The summed E-state index contributed by atoms with van der Waals surface area (Å²) in [5.74, 6) is 0. The molecule has 0 amide bonds. The molecule has 0 aromatic carbocycles. The van der Waals surface area contributed by atoms with Crippen molar-refractivity contribution in [2.75, 3.05) is 0 Å². The van der Waals surface area contributed by atoms with Crippen molar-refractivity contribution in [1.29, 1.82) is 0 Å². The van der Waals surface area contributed by atoms with Crippen LogP contribution in [-0.4, -0.2) is 15.9 Å². The standard InChI is InChI=1S/C15H13N3OS2/c19-15-13-11-3-1-2-4-12(11)21-14(13)16-9-18(15)17-7-10-5-6-20-8-10/h5-9H,1-4H2. The molecule has 4 nitrogen and oxygen atoms in total. The third kappa shape index (κ3) is 2.24. The summed E-state index contributed by atoms with van der Waals surface area (Å²) in [6, 6.07) is 1.97. The molecule has 0 unspecified atom stereocenters. The molecule has 0 fully saturated rings. The highest BCUT2D eigenvalue weighted by Crippen LogP contribution is 2.33. The highest BCUT2D eigenvalue weighted by Gasteiger charge is 2.19. The van der Waals surface area contributed by atoms with Gasteiger partial charge in [-0.2, -0.15) is 21.1 Å². The quantitative estimate of drug-likeness (QED) is 0.681. The highest BCUT2D eigenvalue weighted by atomic mass is 32.1. The van der Waals surface area contributed by atoms with Crippen LogP contribution in [0, 0.1) is 0 Å². The maximum atomic E-state index is 12.6. The Labute approximate surface area is 129 Å². The summed E-state index contributed by atoms with van der Waals surface area (Å²) < 4.78 is 1.35. The fourth-order valence-electron chi connectivity index (χ4n) is 2.70. The van der Waals surface area contributed by atoms with Crippen LogP contribution in [0.4, 0.5) is 0 Å². The van der Waals surface area contributed by atoms with E-state index in [4.69, 9.17) is 0 Å². The first-order valence-electron chi connectivity index (χ1n) is 6.91. The zero-order valence-corrected chi connectivity index (χ0v) is 12.9. The number of hydrogen-bond acceptors (Lipinski definition) is 5. The van der Waals surface area contributed by atoms with Crippen LogP contribution in [0.3, 0.4) is 0 Å². The van der Waals surface area contributed by atoms with Crippen molar-refractivity contribution in [2.24, 2.45) is 5.10 Å². The number of aryl methyl sites for hydroxylation is 2. The van der Waals surface area contributed by atoms with Crippen LogP contribution in [0.15, 0.2) is 33.0 Å². The van der Waals surface area contributed by atoms with Gasteiger partial charge >= 0.3 is 0 Å². The van der Waals surface area contributed by atoms with Crippen LogP contribution in [0.25, 0.3) is 10.2 Å². The summed E-state index contributed by atoms with van der Waals surface area (Å²) in [6.45, 7) is 0. The van der Waals surface area contributed by atoms with Gasteiger partial charge in [-0.3, -0.25) is 4.79 Å². The van der Waals surface area contributed by atoms with Crippen molar-refractivity contribution in [3.8, 4) is 0 Å². The van der Waals surface area contributed by atoms with E-state index in [2.05, 4.69) is 10.1 Å². The third-order valence-corrected chi connectivity index (χ3v) is 5.63. The normalized spacial score (nSPS) is 14.9. The Kier molecular flexibility index (Phi) is 3.20. The predicted octanol–water partition coefficient (Wildman–Crippen LogP) is 3.28. The first kappa shape index (κ1) is 12.9. The van der Waals surface area contributed by atoms with E-state index in [-0.39, 0.29) is 5.56 Å². The Balaban J connectivity index is 1.84.